The van der Waals surface area contributed by atoms with Crippen molar-refractivity contribution < 1.29 is 14.3 Å². The van der Waals surface area contributed by atoms with Gasteiger partial charge in [-0.15, -0.1) is 0 Å². The second-order valence-electron chi connectivity index (χ2n) is 4.76. The van der Waals surface area contributed by atoms with E-state index in [0.717, 1.165) is 12.8 Å². The molecule has 1 amide bonds. The Balaban J connectivity index is 2.63. The van der Waals surface area contributed by atoms with E-state index in [1.165, 1.54) is 20.0 Å². The number of hydrogen-bond acceptors (Lipinski definition) is 3. The lowest BCUT2D eigenvalue weighted by Crippen LogP contribution is -2.42. The van der Waals surface area contributed by atoms with Gasteiger partial charge in [0.15, 0.2) is 0 Å². The van der Waals surface area contributed by atoms with Crippen LogP contribution in [0.1, 0.15) is 46.0 Å². The van der Waals surface area contributed by atoms with Gasteiger partial charge in [-0.2, -0.15) is 0 Å². The Morgan fingerprint density at radius 1 is 1.35 bits per heavy atom. The molecule has 0 aromatic carbocycles. The van der Waals surface area contributed by atoms with Crippen LogP contribution in [0.4, 0.5) is 0 Å². The molecule has 0 spiro atoms. The molecule has 1 atom stereocenters. The van der Waals surface area contributed by atoms with Crippen LogP contribution in [0, 0.1) is 5.92 Å². The normalized spacial score (nSPS) is 17.8. The molecule has 1 aliphatic carbocycles. The Morgan fingerprint density at radius 3 is 2.41 bits per heavy atom. The smallest absolute Gasteiger partial charge is 0.310 e. The number of carbonyl (C=O) groups excluding carboxylic acids is 2. The third-order valence-electron chi connectivity index (χ3n) is 3.46. The van der Waals surface area contributed by atoms with E-state index in [2.05, 4.69) is 0 Å². The molecule has 0 N–H and O–H groups in total. The van der Waals surface area contributed by atoms with Gasteiger partial charge in [-0.25, -0.2) is 0 Å². The average molecular weight is 241 g/mol. The highest BCUT2D eigenvalue weighted by Gasteiger charge is 2.28. The Hall–Kier alpha value is -1.06. The highest BCUT2D eigenvalue weighted by molar-refractivity contribution is 5.78. The van der Waals surface area contributed by atoms with Gasteiger partial charge in [-0.05, 0) is 12.8 Å². The number of amides is 1. The third kappa shape index (κ3) is 3.72. The summed E-state index contributed by atoms with van der Waals surface area (Å²) >= 11 is 0. The van der Waals surface area contributed by atoms with E-state index in [-0.39, 0.29) is 17.8 Å². The first kappa shape index (κ1) is 14.0. The maximum Gasteiger partial charge on any atom is 0.310 e. The molecule has 1 saturated carbocycles. The van der Waals surface area contributed by atoms with E-state index in [1.54, 1.807) is 0 Å². The monoisotopic (exact) mass is 241 g/mol. The van der Waals surface area contributed by atoms with E-state index < -0.39 is 0 Å². The Kier molecular flexibility index (Phi) is 5.45. The quantitative estimate of drug-likeness (QED) is 0.691. The molecular formula is C13H23NO3. The molecule has 4 nitrogen and oxygen atoms in total. The predicted molar refractivity (Wildman–Crippen MR) is 65.4 cm³/mol. The summed E-state index contributed by atoms with van der Waals surface area (Å²) in [4.78, 5) is 25.2. The lowest BCUT2D eigenvalue weighted by Gasteiger charge is -2.30. The standard InChI is InChI=1S/C13H23NO3/c1-4-12(15)14(11-7-5-6-8-11)9-10(2)13(16)17-3/h10-11H,4-9H2,1-3H3. The molecule has 1 rings (SSSR count). The molecule has 0 aromatic heterocycles. The van der Waals surface area contributed by atoms with Crippen LogP contribution in [0.15, 0.2) is 0 Å². The van der Waals surface area contributed by atoms with Crippen LogP contribution in [0.2, 0.25) is 0 Å². The first-order valence-corrected chi connectivity index (χ1v) is 6.47. The first-order valence-electron chi connectivity index (χ1n) is 6.47. The zero-order valence-electron chi connectivity index (χ0n) is 11.1. The van der Waals surface area contributed by atoms with Crippen molar-refractivity contribution in [3.63, 3.8) is 0 Å². The van der Waals surface area contributed by atoms with Crippen LogP contribution in [0.5, 0.6) is 0 Å². The number of hydrogen-bond donors (Lipinski definition) is 0. The fourth-order valence-electron chi connectivity index (χ4n) is 2.44. The van der Waals surface area contributed by atoms with Gasteiger partial charge >= 0.3 is 5.97 Å². The highest BCUT2D eigenvalue weighted by atomic mass is 16.5. The summed E-state index contributed by atoms with van der Waals surface area (Å²) in [6.07, 6.45) is 5.01. The maximum absolute atomic E-state index is 11.9. The first-order chi connectivity index (χ1) is 8.10. The summed E-state index contributed by atoms with van der Waals surface area (Å²) in [5.74, 6) is -0.333. The average Bonchev–Trinajstić information content (AvgIpc) is 2.87. The van der Waals surface area contributed by atoms with E-state index >= 15 is 0 Å². The molecule has 0 radical (unpaired) electrons. The summed E-state index contributed by atoms with van der Waals surface area (Å²) in [5.41, 5.74) is 0. The van der Waals surface area contributed by atoms with Crippen LogP contribution >= 0.6 is 0 Å². The predicted octanol–water partition coefficient (Wildman–Crippen LogP) is 1.98. The summed E-state index contributed by atoms with van der Waals surface area (Å²) in [6.45, 7) is 4.17. The fraction of sp³-hybridized carbons (Fsp3) is 0.846. The summed E-state index contributed by atoms with van der Waals surface area (Å²) in [7, 11) is 1.39. The molecule has 0 heterocycles. The van der Waals surface area contributed by atoms with Crippen molar-refractivity contribution in [1.29, 1.82) is 0 Å². The molecule has 4 heteroatoms. The van der Waals surface area contributed by atoms with E-state index in [0.29, 0.717) is 19.0 Å². The second-order valence-corrected chi connectivity index (χ2v) is 4.76. The molecule has 1 aliphatic rings. The van der Waals surface area contributed by atoms with Crippen LogP contribution < -0.4 is 0 Å². The zero-order valence-corrected chi connectivity index (χ0v) is 11.1. The van der Waals surface area contributed by atoms with Gasteiger partial charge < -0.3 is 9.64 Å². The number of rotatable bonds is 5. The van der Waals surface area contributed by atoms with Crippen molar-refractivity contribution >= 4 is 11.9 Å². The van der Waals surface area contributed by atoms with Crippen molar-refractivity contribution in [2.45, 2.75) is 52.0 Å². The highest BCUT2D eigenvalue weighted by Crippen LogP contribution is 2.25. The Bertz CT molecular complexity index is 272. The number of carbonyl (C=O) groups is 2. The Morgan fingerprint density at radius 2 is 1.94 bits per heavy atom. The molecule has 1 fully saturated rings. The Labute approximate surface area is 103 Å². The van der Waals surface area contributed by atoms with Gasteiger partial charge in [0.25, 0.3) is 0 Å². The summed E-state index contributed by atoms with van der Waals surface area (Å²) < 4.78 is 4.71. The van der Waals surface area contributed by atoms with Crippen molar-refractivity contribution in [2.75, 3.05) is 13.7 Å². The number of esters is 1. The van der Waals surface area contributed by atoms with Gasteiger partial charge in [0.2, 0.25) is 5.91 Å². The van der Waals surface area contributed by atoms with E-state index in [4.69, 9.17) is 4.74 Å². The zero-order chi connectivity index (χ0) is 12.8. The molecular weight excluding hydrogens is 218 g/mol. The maximum atomic E-state index is 11.9. The SMILES string of the molecule is CCC(=O)N(CC(C)C(=O)OC)C1CCCC1. The number of methoxy groups -OCH3 is 1. The van der Waals surface area contributed by atoms with Crippen LogP contribution in [0.3, 0.4) is 0 Å². The van der Waals surface area contributed by atoms with Gasteiger partial charge in [0, 0.05) is 19.0 Å². The number of ether oxygens (including phenoxy) is 1. The van der Waals surface area contributed by atoms with Gasteiger partial charge in [0.1, 0.15) is 0 Å². The lowest BCUT2D eigenvalue weighted by molar-refractivity contribution is -0.147. The molecule has 98 valence electrons. The molecule has 0 aromatic rings. The van der Waals surface area contributed by atoms with Gasteiger partial charge in [0.05, 0.1) is 13.0 Å². The lowest BCUT2D eigenvalue weighted by atomic mass is 10.1. The summed E-state index contributed by atoms with van der Waals surface area (Å²) in [5, 5.41) is 0. The van der Waals surface area contributed by atoms with Crippen molar-refractivity contribution in [3.8, 4) is 0 Å². The minimum atomic E-state index is -0.240. The molecule has 0 aliphatic heterocycles. The minimum absolute atomic E-state index is 0.146. The van der Waals surface area contributed by atoms with E-state index in [1.807, 2.05) is 18.7 Å². The molecule has 0 bridgehead atoms. The molecule has 0 saturated heterocycles. The van der Waals surface area contributed by atoms with Crippen LogP contribution in [-0.4, -0.2) is 36.5 Å². The minimum Gasteiger partial charge on any atom is -0.469 e. The van der Waals surface area contributed by atoms with E-state index in [9.17, 15) is 9.59 Å². The van der Waals surface area contributed by atoms with Crippen molar-refractivity contribution in [3.05, 3.63) is 0 Å². The van der Waals surface area contributed by atoms with Crippen molar-refractivity contribution in [1.82, 2.24) is 4.90 Å². The van der Waals surface area contributed by atoms with Gasteiger partial charge in [-0.1, -0.05) is 26.7 Å². The topological polar surface area (TPSA) is 46.6 Å². The van der Waals surface area contributed by atoms with Crippen LogP contribution in [-0.2, 0) is 14.3 Å². The van der Waals surface area contributed by atoms with Crippen molar-refractivity contribution in [2.24, 2.45) is 5.92 Å². The summed E-state index contributed by atoms with van der Waals surface area (Å²) in [6, 6.07) is 0.328. The largest absolute Gasteiger partial charge is 0.469 e. The van der Waals surface area contributed by atoms with Crippen LogP contribution in [0.25, 0.3) is 0 Å². The number of nitrogens with zero attached hydrogens (tertiary/aromatic N) is 1. The van der Waals surface area contributed by atoms with Gasteiger partial charge in [-0.3, -0.25) is 9.59 Å². The third-order valence-corrected chi connectivity index (χ3v) is 3.46. The molecule has 1 unspecified atom stereocenters. The second kappa shape index (κ2) is 6.62. The molecule has 17 heavy (non-hydrogen) atoms. The fourth-order valence-corrected chi connectivity index (χ4v) is 2.44.